The Morgan fingerprint density at radius 1 is 1.14 bits per heavy atom. The number of hydrogen-bond acceptors (Lipinski definition) is 5. The first-order valence-electron chi connectivity index (χ1n) is 8.55. The van der Waals surface area contributed by atoms with Gasteiger partial charge in [0.05, 0.1) is 36.0 Å². The third kappa shape index (κ3) is 3.28. The number of aryl methyl sites for hydroxylation is 1. The monoisotopic (exact) mass is 406 g/mol. The van der Waals surface area contributed by atoms with E-state index >= 15 is 0 Å². The summed E-state index contributed by atoms with van der Waals surface area (Å²) in [6.07, 6.45) is 1.06. The minimum Gasteiger partial charge on any atom is -0.494 e. The number of ether oxygens (including phenoxy) is 2. The Morgan fingerprint density at radius 3 is 2.45 bits per heavy atom. The number of rotatable bonds is 4. The van der Waals surface area contributed by atoms with Gasteiger partial charge in [-0.15, -0.1) is 0 Å². The van der Waals surface area contributed by atoms with Crippen LogP contribution in [0, 0.1) is 24.4 Å². The van der Waals surface area contributed by atoms with Gasteiger partial charge in [-0.1, -0.05) is 0 Å². The standard InChI is InChI=1S/C20H17F3N2O4/c1-4-29-20(27)11-8-25(15-7-16(28-3)13(22)6-12(15)21)18-9(2)17(24)14(23)5-10(18)19(11)26/h5-8H,4,24H2,1-3H3. The Balaban J connectivity index is 2.52. The fourth-order valence-corrected chi connectivity index (χ4v) is 3.07. The van der Waals surface area contributed by atoms with E-state index in [4.69, 9.17) is 15.2 Å². The predicted molar refractivity (Wildman–Crippen MR) is 101 cm³/mol. The van der Waals surface area contributed by atoms with Gasteiger partial charge in [0.25, 0.3) is 0 Å². The zero-order valence-electron chi connectivity index (χ0n) is 15.8. The summed E-state index contributed by atoms with van der Waals surface area (Å²) >= 11 is 0. The number of nitrogens with zero attached hydrogens (tertiary/aromatic N) is 1. The van der Waals surface area contributed by atoms with E-state index in [0.29, 0.717) is 6.07 Å². The molecule has 1 heterocycles. The molecule has 0 amide bonds. The van der Waals surface area contributed by atoms with Crippen molar-refractivity contribution in [2.24, 2.45) is 0 Å². The quantitative estimate of drug-likeness (QED) is 0.530. The lowest BCUT2D eigenvalue weighted by molar-refractivity contribution is 0.0524. The number of carbonyl (C=O) groups excluding carboxylic acids is 1. The summed E-state index contributed by atoms with van der Waals surface area (Å²) in [7, 11) is 1.20. The van der Waals surface area contributed by atoms with Crippen molar-refractivity contribution in [1.29, 1.82) is 0 Å². The van der Waals surface area contributed by atoms with Crippen molar-refractivity contribution in [2.75, 3.05) is 19.5 Å². The van der Waals surface area contributed by atoms with Crippen molar-refractivity contribution in [3.8, 4) is 11.4 Å². The molecule has 2 aromatic carbocycles. The minimum atomic E-state index is -0.995. The lowest BCUT2D eigenvalue weighted by atomic mass is 10.0. The van der Waals surface area contributed by atoms with Crippen LogP contribution in [0.25, 0.3) is 16.6 Å². The smallest absolute Gasteiger partial charge is 0.343 e. The second-order valence-corrected chi connectivity index (χ2v) is 6.19. The molecule has 0 aliphatic carbocycles. The molecule has 0 saturated heterocycles. The highest BCUT2D eigenvalue weighted by Gasteiger charge is 2.23. The van der Waals surface area contributed by atoms with Crippen LogP contribution < -0.4 is 15.9 Å². The van der Waals surface area contributed by atoms with Gasteiger partial charge in [-0.2, -0.15) is 0 Å². The first-order chi connectivity index (χ1) is 13.7. The molecule has 0 atom stereocenters. The third-order valence-corrected chi connectivity index (χ3v) is 4.51. The number of benzene rings is 2. The Labute approximate surface area is 163 Å². The van der Waals surface area contributed by atoms with Crippen LogP contribution in [0.15, 0.2) is 29.2 Å². The van der Waals surface area contributed by atoms with Crippen LogP contribution in [0.1, 0.15) is 22.8 Å². The normalized spacial score (nSPS) is 11.0. The number of halogens is 3. The molecular weight excluding hydrogens is 389 g/mol. The molecule has 3 aromatic rings. The van der Waals surface area contributed by atoms with E-state index in [1.54, 1.807) is 6.92 Å². The molecule has 0 bridgehead atoms. The number of aromatic nitrogens is 1. The molecule has 9 heteroatoms. The van der Waals surface area contributed by atoms with Crippen molar-refractivity contribution in [1.82, 2.24) is 4.57 Å². The number of methoxy groups -OCH3 is 1. The van der Waals surface area contributed by atoms with Gasteiger partial charge in [0.15, 0.2) is 11.6 Å². The average Bonchev–Trinajstić information content (AvgIpc) is 2.67. The summed E-state index contributed by atoms with van der Waals surface area (Å²) in [6, 6.07) is 2.53. The molecule has 0 unspecified atom stereocenters. The molecule has 3 rings (SSSR count). The molecule has 0 aliphatic heterocycles. The SMILES string of the molecule is CCOC(=O)c1cn(-c2cc(OC)c(F)cc2F)c2c(C)c(N)c(F)cc2c1=O. The molecule has 2 N–H and O–H groups in total. The highest BCUT2D eigenvalue weighted by Crippen LogP contribution is 2.31. The fraction of sp³-hybridized carbons (Fsp3) is 0.200. The van der Waals surface area contributed by atoms with Gasteiger partial charge in [0.1, 0.15) is 17.2 Å². The lowest BCUT2D eigenvalue weighted by Crippen LogP contribution is -2.22. The highest BCUT2D eigenvalue weighted by molar-refractivity contribution is 5.96. The predicted octanol–water partition coefficient (Wildman–Crippen LogP) is 3.48. The van der Waals surface area contributed by atoms with Gasteiger partial charge < -0.3 is 19.8 Å². The van der Waals surface area contributed by atoms with Crippen LogP contribution in [0.5, 0.6) is 5.75 Å². The molecule has 6 nitrogen and oxygen atoms in total. The van der Waals surface area contributed by atoms with Crippen LogP contribution in [0.4, 0.5) is 18.9 Å². The summed E-state index contributed by atoms with van der Waals surface area (Å²) in [4.78, 5) is 25.1. The summed E-state index contributed by atoms with van der Waals surface area (Å²) in [6.45, 7) is 2.98. The van der Waals surface area contributed by atoms with Gasteiger partial charge in [-0.3, -0.25) is 4.79 Å². The van der Waals surface area contributed by atoms with Gasteiger partial charge in [-0.25, -0.2) is 18.0 Å². The highest BCUT2D eigenvalue weighted by atomic mass is 19.1. The zero-order valence-corrected chi connectivity index (χ0v) is 15.8. The van der Waals surface area contributed by atoms with E-state index in [9.17, 15) is 22.8 Å². The minimum absolute atomic E-state index is 0.00975. The van der Waals surface area contributed by atoms with E-state index < -0.39 is 34.4 Å². The van der Waals surface area contributed by atoms with Crippen molar-refractivity contribution in [2.45, 2.75) is 13.8 Å². The molecule has 0 fully saturated rings. The Bertz CT molecular complexity index is 1210. The molecule has 152 valence electrons. The van der Waals surface area contributed by atoms with Crippen molar-refractivity contribution in [3.05, 3.63) is 63.2 Å². The van der Waals surface area contributed by atoms with Crippen molar-refractivity contribution >= 4 is 22.6 Å². The Hall–Kier alpha value is -3.49. The Morgan fingerprint density at radius 2 is 1.83 bits per heavy atom. The van der Waals surface area contributed by atoms with E-state index in [1.807, 2.05) is 0 Å². The third-order valence-electron chi connectivity index (χ3n) is 4.51. The van der Waals surface area contributed by atoms with Crippen molar-refractivity contribution < 1.29 is 27.4 Å². The van der Waals surface area contributed by atoms with E-state index in [-0.39, 0.29) is 40.2 Å². The summed E-state index contributed by atoms with van der Waals surface area (Å²) in [5.41, 5.74) is 4.25. The van der Waals surface area contributed by atoms with Crippen LogP contribution in [0.2, 0.25) is 0 Å². The lowest BCUT2D eigenvalue weighted by Gasteiger charge is -2.18. The number of nitrogens with two attached hydrogens (primary N) is 1. The van der Waals surface area contributed by atoms with E-state index in [1.165, 1.54) is 14.0 Å². The molecular formula is C20H17F3N2O4. The van der Waals surface area contributed by atoms with Crippen LogP contribution in [0.3, 0.4) is 0 Å². The zero-order chi connectivity index (χ0) is 21.5. The second kappa shape index (κ2) is 7.50. The van der Waals surface area contributed by atoms with Gasteiger partial charge in [0, 0.05) is 18.3 Å². The van der Waals surface area contributed by atoms with Gasteiger partial charge in [0.2, 0.25) is 5.43 Å². The number of nitrogen functional groups attached to an aromatic ring is 1. The van der Waals surface area contributed by atoms with Crippen LogP contribution in [-0.2, 0) is 4.74 Å². The van der Waals surface area contributed by atoms with Crippen molar-refractivity contribution in [3.63, 3.8) is 0 Å². The largest absolute Gasteiger partial charge is 0.494 e. The Kier molecular flexibility index (Phi) is 5.23. The first kappa shape index (κ1) is 20.2. The molecule has 0 radical (unpaired) electrons. The summed E-state index contributed by atoms with van der Waals surface area (Å²) in [5, 5.41) is -0.206. The summed E-state index contributed by atoms with van der Waals surface area (Å²) in [5.74, 6) is -4.02. The number of anilines is 1. The maximum Gasteiger partial charge on any atom is 0.343 e. The van der Waals surface area contributed by atoms with Crippen LogP contribution in [-0.4, -0.2) is 24.3 Å². The molecule has 29 heavy (non-hydrogen) atoms. The number of fused-ring (bicyclic) bond motifs is 1. The molecule has 1 aromatic heterocycles. The first-order valence-corrected chi connectivity index (χ1v) is 8.55. The van der Waals surface area contributed by atoms with Crippen LogP contribution >= 0.6 is 0 Å². The number of carbonyl (C=O) groups is 1. The average molecular weight is 406 g/mol. The maximum absolute atomic E-state index is 14.7. The summed E-state index contributed by atoms with van der Waals surface area (Å²) < 4.78 is 53.6. The molecule has 0 spiro atoms. The molecule has 0 saturated carbocycles. The molecule has 0 aliphatic rings. The van der Waals surface area contributed by atoms with Gasteiger partial charge in [-0.05, 0) is 25.5 Å². The number of pyridine rings is 1. The maximum atomic E-state index is 14.7. The fourth-order valence-electron chi connectivity index (χ4n) is 3.07. The van der Waals surface area contributed by atoms with E-state index in [0.717, 1.165) is 22.9 Å². The van der Waals surface area contributed by atoms with E-state index in [2.05, 4.69) is 0 Å². The van der Waals surface area contributed by atoms with Gasteiger partial charge >= 0.3 is 5.97 Å². The number of esters is 1. The number of hydrogen-bond donors (Lipinski definition) is 1. The second-order valence-electron chi connectivity index (χ2n) is 6.19. The topological polar surface area (TPSA) is 83.6 Å².